The van der Waals surface area contributed by atoms with Crippen LogP contribution in [0.4, 0.5) is 4.79 Å². The summed E-state index contributed by atoms with van der Waals surface area (Å²) in [6.07, 6.45) is 4.29. The summed E-state index contributed by atoms with van der Waals surface area (Å²) >= 11 is 0. The SMILES string of the molecule is Cc1cccn2cc(Cc3nc(-c4cccc(C5(C)NC(=O)NC5=O)c4)no3)nc12. The molecule has 3 amide bonds. The molecule has 1 aliphatic rings. The van der Waals surface area contributed by atoms with Crippen LogP contribution in [0.15, 0.2) is 53.3 Å². The molecular formula is C21H18N6O3. The van der Waals surface area contributed by atoms with Gasteiger partial charge in [-0.15, -0.1) is 0 Å². The second-order valence-electron chi connectivity index (χ2n) is 7.46. The molecule has 1 aromatic carbocycles. The predicted octanol–water partition coefficient (Wildman–Crippen LogP) is 2.34. The first kappa shape index (κ1) is 18.0. The summed E-state index contributed by atoms with van der Waals surface area (Å²) in [5.41, 5.74) is 2.97. The average molecular weight is 402 g/mol. The van der Waals surface area contributed by atoms with Crippen molar-refractivity contribution in [2.45, 2.75) is 25.8 Å². The zero-order valence-electron chi connectivity index (χ0n) is 16.3. The number of carbonyl (C=O) groups excluding carboxylic acids is 2. The Morgan fingerprint density at radius 2 is 2.03 bits per heavy atom. The van der Waals surface area contributed by atoms with Crippen LogP contribution in [0.25, 0.3) is 17.0 Å². The average Bonchev–Trinajstić information content (AvgIpc) is 3.41. The van der Waals surface area contributed by atoms with Gasteiger partial charge in [-0.1, -0.05) is 29.4 Å². The second-order valence-corrected chi connectivity index (χ2v) is 7.46. The van der Waals surface area contributed by atoms with Crippen molar-refractivity contribution in [2.75, 3.05) is 0 Å². The molecule has 1 atom stereocenters. The van der Waals surface area contributed by atoms with E-state index in [-0.39, 0.29) is 0 Å². The van der Waals surface area contributed by atoms with E-state index in [0.29, 0.717) is 29.3 Å². The third kappa shape index (κ3) is 2.91. The summed E-state index contributed by atoms with van der Waals surface area (Å²) in [7, 11) is 0. The lowest BCUT2D eigenvalue weighted by Crippen LogP contribution is -2.40. The zero-order valence-corrected chi connectivity index (χ0v) is 16.3. The molecular weight excluding hydrogens is 384 g/mol. The standard InChI is InChI=1S/C21H18N6O3/c1-12-5-4-8-27-11-15(22-18(12)27)10-16-23-17(26-30-16)13-6-3-7-14(9-13)21(2)19(28)24-20(29)25-21/h3-9,11H,10H2,1-2H3,(H2,24,25,28,29). The number of imidazole rings is 1. The molecule has 0 bridgehead atoms. The third-order valence-corrected chi connectivity index (χ3v) is 5.27. The maximum atomic E-state index is 12.2. The minimum atomic E-state index is -1.14. The molecule has 0 spiro atoms. The number of aromatic nitrogens is 4. The van der Waals surface area contributed by atoms with Crippen molar-refractivity contribution in [3.8, 4) is 11.4 Å². The van der Waals surface area contributed by atoms with E-state index in [2.05, 4.69) is 25.8 Å². The van der Waals surface area contributed by atoms with Gasteiger partial charge in [-0.3, -0.25) is 10.1 Å². The molecule has 4 heterocycles. The number of nitrogens with zero attached hydrogens (tertiary/aromatic N) is 4. The second kappa shape index (κ2) is 6.51. The number of benzene rings is 1. The lowest BCUT2D eigenvalue weighted by atomic mass is 9.91. The van der Waals surface area contributed by atoms with Gasteiger partial charge in [-0.25, -0.2) is 9.78 Å². The van der Waals surface area contributed by atoms with Gasteiger partial charge in [0.1, 0.15) is 11.2 Å². The number of hydrogen-bond acceptors (Lipinski definition) is 6. The molecule has 0 aliphatic carbocycles. The first-order valence-corrected chi connectivity index (χ1v) is 9.43. The molecule has 3 aromatic heterocycles. The molecule has 2 N–H and O–H groups in total. The van der Waals surface area contributed by atoms with Gasteiger partial charge >= 0.3 is 6.03 Å². The van der Waals surface area contributed by atoms with E-state index in [1.165, 1.54) is 0 Å². The summed E-state index contributed by atoms with van der Waals surface area (Å²) < 4.78 is 7.38. The Bertz CT molecular complexity index is 1310. The molecule has 0 saturated carbocycles. The largest absolute Gasteiger partial charge is 0.339 e. The van der Waals surface area contributed by atoms with Gasteiger partial charge in [0.05, 0.1) is 12.1 Å². The summed E-state index contributed by atoms with van der Waals surface area (Å²) in [5.74, 6) is 0.440. The summed E-state index contributed by atoms with van der Waals surface area (Å²) in [6, 6.07) is 10.6. The Labute approximate surface area is 171 Å². The summed E-state index contributed by atoms with van der Waals surface area (Å²) in [5, 5.41) is 8.99. The highest BCUT2D eigenvalue weighted by Gasteiger charge is 2.43. The van der Waals surface area contributed by atoms with Crippen molar-refractivity contribution in [1.29, 1.82) is 0 Å². The van der Waals surface area contributed by atoms with Crippen LogP contribution in [0.3, 0.4) is 0 Å². The van der Waals surface area contributed by atoms with E-state index in [0.717, 1.165) is 16.9 Å². The summed E-state index contributed by atoms with van der Waals surface area (Å²) in [6.45, 7) is 3.66. The Morgan fingerprint density at radius 3 is 2.80 bits per heavy atom. The maximum Gasteiger partial charge on any atom is 0.322 e. The maximum absolute atomic E-state index is 12.2. The molecule has 0 radical (unpaired) electrons. The lowest BCUT2D eigenvalue weighted by molar-refractivity contribution is -0.123. The molecule has 1 aliphatic heterocycles. The van der Waals surface area contributed by atoms with Crippen molar-refractivity contribution in [1.82, 2.24) is 30.2 Å². The van der Waals surface area contributed by atoms with Gasteiger partial charge in [0.2, 0.25) is 11.7 Å². The minimum Gasteiger partial charge on any atom is -0.339 e. The Balaban J connectivity index is 1.42. The smallest absolute Gasteiger partial charge is 0.322 e. The first-order chi connectivity index (χ1) is 14.4. The van der Waals surface area contributed by atoms with Crippen molar-refractivity contribution < 1.29 is 14.1 Å². The third-order valence-electron chi connectivity index (χ3n) is 5.27. The van der Waals surface area contributed by atoms with E-state index < -0.39 is 17.5 Å². The summed E-state index contributed by atoms with van der Waals surface area (Å²) in [4.78, 5) is 32.9. The predicted molar refractivity (Wildman–Crippen MR) is 106 cm³/mol. The van der Waals surface area contributed by atoms with Crippen LogP contribution in [0.2, 0.25) is 0 Å². The molecule has 1 fully saturated rings. The van der Waals surface area contributed by atoms with E-state index in [1.807, 2.05) is 41.9 Å². The van der Waals surface area contributed by atoms with Gasteiger partial charge < -0.3 is 14.2 Å². The zero-order chi connectivity index (χ0) is 20.9. The number of pyridine rings is 1. The first-order valence-electron chi connectivity index (χ1n) is 9.43. The van der Waals surface area contributed by atoms with Crippen LogP contribution in [0.1, 0.15) is 29.6 Å². The van der Waals surface area contributed by atoms with Crippen molar-refractivity contribution >= 4 is 17.6 Å². The fourth-order valence-electron chi connectivity index (χ4n) is 3.60. The van der Waals surface area contributed by atoms with E-state index >= 15 is 0 Å². The van der Waals surface area contributed by atoms with Crippen LogP contribution >= 0.6 is 0 Å². The number of imide groups is 1. The number of aryl methyl sites for hydroxylation is 1. The molecule has 30 heavy (non-hydrogen) atoms. The van der Waals surface area contributed by atoms with E-state index in [9.17, 15) is 9.59 Å². The normalized spacial score (nSPS) is 18.6. The lowest BCUT2D eigenvalue weighted by Gasteiger charge is -2.21. The number of amides is 3. The van der Waals surface area contributed by atoms with Gasteiger partial charge in [0, 0.05) is 18.0 Å². The quantitative estimate of drug-likeness (QED) is 0.507. The molecule has 4 aromatic rings. The molecule has 9 heteroatoms. The molecule has 9 nitrogen and oxygen atoms in total. The Hall–Kier alpha value is -4.01. The topological polar surface area (TPSA) is 114 Å². The van der Waals surface area contributed by atoms with Crippen LogP contribution in [-0.4, -0.2) is 31.5 Å². The number of rotatable bonds is 4. The number of hydrogen-bond donors (Lipinski definition) is 2. The van der Waals surface area contributed by atoms with E-state index in [1.54, 1.807) is 25.1 Å². The molecule has 150 valence electrons. The van der Waals surface area contributed by atoms with Crippen LogP contribution < -0.4 is 10.6 Å². The van der Waals surface area contributed by atoms with Gasteiger partial charge in [0.25, 0.3) is 5.91 Å². The van der Waals surface area contributed by atoms with Crippen molar-refractivity contribution in [3.05, 3.63) is 71.5 Å². The molecule has 5 rings (SSSR count). The Morgan fingerprint density at radius 1 is 1.17 bits per heavy atom. The van der Waals surface area contributed by atoms with Crippen LogP contribution in [-0.2, 0) is 16.8 Å². The minimum absolute atomic E-state index is 0.402. The number of carbonyl (C=O) groups is 2. The highest BCUT2D eigenvalue weighted by molar-refractivity contribution is 6.07. The molecule has 1 saturated heterocycles. The molecule has 1 unspecified atom stereocenters. The van der Waals surface area contributed by atoms with Gasteiger partial charge in [0.15, 0.2) is 0 Å². The van der Waals surface area contributed by atoms with Crippen molar-refractivity contribution in [3.63, 3.8) is 0 Å². The fraction of sp³-hybridized carbons (Fsp3) is 0.190. The number of urea groups is 1. The highest BCUT2D eigenvalue weighted by Crippen LogP contribution is 2.28. The monoisotopic (exact) mass is 402 g/mol. The van der Waals surface area contributed by atoms with Gasteiger partial charge in [-0.2, -0.15) is 4.98 Å². The van der Waals surface area contributed by atoms with Crippen molar-refractivity contribution in [2.24, 2.45) is 0 Å². The number of nitrogens with one attached hydrogen (secondary N) is 2. The number of fused-ring (bicyclic) bond motifs is 1. The fourth-order valence-corrected chi connectivity index (χ4v) is 3.60. The van der Waals surface area contributed by atoms with Crippen LogP contribution in [0.5, 0.6) is 0 Å². The van der Waals surface area contributed by atoms with E-state index in [4.69, 9.17) is 4.52 Å². The van der Waals surface area contributed by atoms with Gasteiger partial charge in [-0.05, 0) is 37.1 Å². The Kier molecular flexibility index (Phi) is 3.92. The highest BCUT2D eigenvalue weighted by atomic mass is 16.5. The van der Waals surface area contributed by atoms with Crippen LogP contribution in [0, 0.1) is 6.92 Å².